The zero-order valence-corrected chi connectivity index (χ0v) is 17.3. The Hall–Kier alpha value is -1.46. The van der Waals surface area contributed by atoms with Crippen molar-refractivity contribution in [1.29, 1.82) is 0 Å². The van der Waals surface area contributed by atoms with E-state index in [1.54, 1.807) is 0 Å². The van der Waals surface area contributed by atoms with Crippen molar-refractivity contribution in [3.05, 3.63) is 60.8 Å². The first-order chi connectivity index (χ1) is 13.8. The fourth-order valence-corrected chi connectivity index (χ4v) is 2.83. The number of aliphatic hydroxyl groups is 2. The normalized spacial score (nSPS) is 23.6. The van der Waals surface area contributed by atoms with Crippen LogP contribution in [0.4, 0.5) is 0 Å². The van der Waals surface area contributed by atoms with Crippen molar-refractivity contribution >= 4 is 0 Å². The predicted octanol–water partition coefficient (Wildman–Crippen LogP) is 5.00. The summed E-state index contributed by atoms with van der Waals surface area (Å²) in [5, 5.41) is 18.3. The summed E-state index contributed by atoms with van der Waals surface area (Å²) < 4.78 is 11.1. The van der Waals surface area contributed by atoms with Crippen LogP contribution in [0.25, 0.3) is 0 Å². The van der Waals surface area contributed by atoms with Gasteiger partial charge in [-0.1, -0.05) is 67.7 Å². The number of allylic oxidation sites excluding steroid dienone is 10. The summed E-state index contributed by atoms with van der Waals surface area (Å²) in [4.78, 5) is 0. The maximum Gasteiger partial charge on any atom is 0.158 e. The van der Waals surface area contributed by atoms with Crippen LogP contribution in [0.2, 0.25) is 0 Å². The van der Waals surface area contributed by atoms with Gasteiger partial charge in [-0.2, -0.15) is 0 Å². The van der Waals surface area contributed by atoms with E-state index in [1.807, 2.05) is 0 Å². The largest absolute Gasteiger partial charge is 0.394 e. The molecule has 0 aliphatic carbocycles. The minimum atomic E-state index is -0.399. The average molecular weight is 391 g/mol. The van der Waals surface area contributed by atoms with E-state index in [1.165, 1.54) is 0 Å². The van der Waals surface area contributed by atoms with Crippen molar-refractivity contribution < 1.29 is 19.7 Å². The highest BCUT2D eigenvalue weighted by molar-refractivity contribution is 5.00. The molecule has 0 radical (unpaired) electrons. The molecule has 3 atom stereocenters. The lowest BCUT2D eigenvalue weighted by atomic mass is 10.2. The van der Waals surface area contributed by atoms with Gasteiger partial charge < -0.3 is 19.7 Å². The molecule has 4 nitrogen and oxygen atoms in total. The monoisotopic (exact) mass is 390 g/mol. The Bertz CT molecular complexity index is 493. The third-order valence-electron chi connectivity index (χ3n) is 4.40. The van der Waals surface area contributed by atoms with E-state index < -0.39 is 12.2 Å². The zero-order chi connectivity index (χ0) is 20.3. The van der Waals surface area contributed by atoms with Gasteiger partial charge in [-0.05, 0) is 51.4 Å². The fraction of sp³-hybridized carbons (Fsp3) is 0.583. The van der Waals surface area contributed by atoms with Gasteiger partial charge in [0, 0.05) is 0 Å². The van der Waals surface area contributed by atoms with Crippen molar-refractivity contribution in [3.8, 4) is 0 Å². The van der Waals surface area contributed by atoms with Crippen LogP contribution >= 0.6 is 0 Å². The van der Waals surface area contributed by atoms with Gasteiger partial charge in [0.1, 0.15) is 12.2 Å². The molecule has 1 heterocycles. The lowest BCUT2D eigenvalue weighted by Gasteiger charge is -2.09. The van der Waals surface area contributed by atoms with E-state index >= 15 is 0 Å². The Morgan fingerprint density at radius 1 is 0.643 bits per heavy atom. The highest BCUT2D eigenvalue weighted by Gasteiger charge is 2.34. The number of hydrogen-bond donors (Lipinski definition) is 2. The summed E-state index contributed by atoms with van der Waals surface area (Å²) in [6.07, 6.45) is 28.6. The molecule has 2 N–H and O–H groups in total. The summed E-state index contributed by atoms with van der Waals surface area (Å²) in [5.41, 5.74) is 0. The average Bonchev–Trinajstić information content (AvgIpc) is 3.12. The Labute approximate surface area is 170 Å². The van der Waals surface area contributed by atoms with Crippen LogP contribution in [0, 0.1) is 0 Å². The second-order valence-electron chi connectivity index (χ2n) is 6.78. The zero-order valence-electron chi connectivity index (χ0n) is 17.3. The smallest absolute Gasteiger partial charge is 0.158 e. The minimum Gasteiger partial charge on any atom is -0.394 e. The first kappa shape index (κ1) is 24.6. The van der Waals surface area contributed by atoms with E-state index in [4.69, 9.17) is 19.7 Å². The molecule has 1 saturated heterocycles. The van der Waals surface area contributed by atoms with Gasteiger partial charge >= 0.3 is 0 Å². The second-order valence-corrected chi connectivity index (χ2v) is 6.78. The highest BCUT2D eigenvalue weighted by atomic mass is 16.7. The van der Waals surface area contributed by atoms with E-state index in [0.717, 1.165) is 51.4 Å². The van der Waals surface area contributed by atoms with Crippen molar-refractivity contribution in [1.82, 2.24) is 0 Å². The molecule has 1 unspecified atom stereocenters. The van der Waals surface area contributed by atoms with Gasteiger partial charge in [-0.25, -0.2) is 0 Å². The third kappa shape index (κ3) is 12.1. The van der Waals surface area contributed by atoms with Gasteiger partial charge in [0.25, 0.3) is 0 Å². The second kappa shape index (κ2) is 17.6. The Balaban J connectivity index is 1.97. The summed E-state index contributed by atoms with van der Waals surface area (Å²) in [7, 11) is 0. The van der Waals surface area contributed by atoms with Crippen LogP contribution in [0.3, 0.4) is 0 Å². The van der Waals surface area contributed by atoms with Gasteiger partial charge in [0.05, 0.1) is 13.2 Å². The lowest BCUT2D eigenvalue weighted by Crippen LogP contribution is -2.29. The number of hydrogen-bond acceptors (Lipinski definition) is 4. The molecule has 28 heavy (non-hydrogen) atoms. The first-order valence-electron chi connectivity index (χ1n) is 10.6. The fourth-order valence-electron chi connectivity index (χ4n) is 2.83. The molecule has 1 aliphatic heterocycles. The predicted molar refractivity (Wildman–Crippen MR) is 116 cm³/mol. The lowest BCUT2D eigenvalue weighted by molar-refractivity contribution is -0.0788. The van der Waals surface area contributed by atoms with Gasteiger partial charge in [0.15, 0.2) is 6.29 Å². The van der Waals surface area contributed by atoms with Crippen molar-refractivity contribution in [2.45, 2.75) is 76.8 Å². The Kier molecular flexibility index (Phi) is 15.5. The standard InChI is InChI=1S/C24H38O4/c1-2-3-4-5-6-7-8-9-10-11-12-13-14-15-16-17-18-19-24-27-22(20-25)23(21-26)28-24/h3-4,6-7,9-10,12-13,15-16,22-26H,2,5,8,11,14,17-21H2,1H3/b4-3-,7-6-,10-9-,13-12-,16-15-/t22-,23+,24?. The van der Waals surface area contributed by atoms with E-state index in [-0.39, 0.29) is 19.5 Å². The molecule has 0 aromatic carbocycles. The quantitative estimate of drug-likeness (QED) is 0.305. The molecule has 1 rings (SSSR count). The minimum absolute atomic E-state index is 0.115. The van der Waals surface area contributed by atoms with Crippen LogP contribution < -0.4 is 0 Å². The molecule has 158 valence electrons. The summed E-state index contributed by atoms with van der Waals surface area (Å²) in [6, 6.07) is 0. The van der Waals surface area contributed by atoms with E-state index in [2.05, 4.69) is 67.7 Å². The molecule has 0 bridgehead atoms. The topological polar surface area (TPSA) is 58.9 Å². The molecule has 0 amide bonds. The maximum atomic E-state index is 9.16. The number of rotatable bonds is 15. The van der Waals surface area contributed by atoms with Gasteiger partial charge in [-0.15, -0.1) is 0 Å². The third-order valence-corrected chi connectivity index (χ3v) is 4.40. The van der Waals surface area contributed by atoms with Crippen LogP contribution in [-0.4, -0.2) is 41.9 Å². The Morgan fingerprint density at radius 3 is 1.50 bits per heavy atom. The molecule has 0 spiro atoms. The van der Waals surface area contributed by atoms with Crippen LogP contribution in [0.1, 0.15) is 58.3 Å². The summed E-state index contributed by atoms with van der Waals surface area (Å²) >= 11 is 0. The molecule has 1 fully saturated rings. The molecule has 0 aromatic heterocycles. The summed E-state index contributed by atoms with van der Waals surface area (Å²) in [5.74, 6) is 0. The van der Waals surface area contributed by atoms with Crippen molar-refractivity contribution in [3.63, 3.8) is 0 Å². The first-order valence-corrected chi connectivity index (χ1v) is 10.6. The highest BCUT2D eigenvalue weighted by Crippen LogP contribution is 2.22. The molecule has 1 aliphatic rings. The van der Waals surface area contributed by atoms with Gasteiger partial charge in [-0.3, -0.25) is 0 Å². The van der Waals surface area contributed by atoms with Crippen LogP contribution in [-0.2, 0) is 9.47 Å². The molecule has 0 saturated carbocycles. The van der Waals surface area contributed by atoms with Crippen molar-refractivity contribution in [2.75, 3.05) is 13.2 Å². The van der Waals surface area contributed by atoms with Crippen molar-refractivity contribution in [2.24, 2.45) is 0 Å². The maximum absolute atomic E-state index is 9.16. The van der Waals surface area contributed by atoms with Crippen LogP contribution in [0.15, 0.2) is 60.8 Å². The van der Waals surface area contributed by atoms with E-state index in [0.29, 0.717) is 0 Å². The van der Waals surface area contributed by atoms with Gasteiger partial charge in [0.2, 0.25) is 0 Å². The molecule has 4 heteroatoms. The molecular formula is C24H38O4. The molecular weight excluding hydrogens is 352 g/mol. The number of unbranched alkanes of at least 4 members (excludes halogenated alkanes) is 1. The summed E-state index contributed by atoms with van der Waals surface area (Å²) in [6.45, 7) is 1.92. The number of ether oxygens (including phenoxy) is 2. The Morgan fingerprint density at radius 2 is 1.07 bits per heavy atom. The van der Waals surface area contributed by atoms with Crippen LogP contribution in [0.5, 0.6) is 0 Å². The molecule has 0 aromatic rings. The SMILES string of the molecule is CC/C=C\C/C=C\C/C=C\C/C=C\C/C=C\CCCC1O[C@@H](CO)[C@@H](CO)O1. The van der Waals surface area contributed by atoms with E-state index in [9.17, 15) is 0 Å². The number of aliphatic hydroxyl groups excluding tert-OH is 2.